The third-order valence-electron chi connectivity index (χ3n) is 5.34. The first-order valence-corrected chi connectivity index (χ1v) is 11.4. The Hall–Kier alpha value is -2.93. The highest BCUT2D eigenvalue weighted by Gasteiger charge is 2.29. The van der Waals surface area contributed by atoms with E-state index in [9.17, 15) is 9.59 Å². The van der Waals surface area contributed by atoms with Crippen LogP contribution < -0.4 is 19.5 Å². The quantitative estimate of drug-likeness (QED) is 0.489. The maximum absolute atomic E-state index is 13.3. The van der Waals surface area contributed by atoms with E-state index in [1.54, 1.807) is 49.5 Å². The van der Waals surface area contributed by atoms with E-state index in [4.69, 9.17) is 25.8 Å². The Labute approximate surface area is 201 Å². The molecule has 2 atom stereocenters. The van der Waals surface area contributed by atoms with Gasteiger partial charge in [0.1, 0.15) is 23.3 Å². The van der Waals surface area contributed by atoms with Gasteiger partial charge in [0.05, 0.1) is 14.2 Å². The molecule has 0 aliphatic carbocycles. The van der Waals surface area contributed by atoms with E-state index in [2.05, 4.69) is 5.32 Å². The van der Waals surface area contributed by atoms with Gasteiger partial charge in [0.15, 0.2) is 6.61 Å². The summed E-state index contributed by atoms with van der Waals surface area (Å²) in [5.41, 5.74) is 0.866. The van der Waals surface area contributed by atoms with E-state index < -0.39 is 6.04 Å². The van der Waals surface area contributed by atoms with Crippen molar-refractivity contribution in [2.24, 2.45) is 0 Å². The first kappa shape index (κ1) is 26.3. The van der Waals surface area contributed by atoms with Crippen molar-refractivity contribution in [2.75, 3.05) is 20.8 Å². The average Bonchev–Trinajstić information content (AvgIpc) is 2.83. The highest BCUT2D eigenvalue weighted by molar-refractivity contribution is 6.30. The van der Waals surface area contributed by atoms with Crippen LogP contribution >= 0.6 is 11.6 Å². The van der Waals surface area contributed by atoms with Crippen LogP contribution in [0.4, 0.5) is 0 Å². The molecule has 0 spiro atoms. The van der Waals surface area contributed by atoms with Crippen molar-refractivity contribution < 1.29 is 23.8 Å². The Morgan fingerprint density at radius 3 is 2.06 bits per heavy atom. The third kappa shape index (κ3) is 7.86. The van der Waals surface area contributed by atoms with Crippen LogP contribution in [0.2, 0.25) is 5.02 Å². The lowest BCUT2D eigenvalue weighted by molar-refractivity contribution is -0.143. The smallest absolute Gasteiger partial charge is 0.261 e. The van der Waals surface area contributed by atoms with Crippen molar-refractivity contribution in [3.05, 3.63) is 53.1 Å². The van der Waals surface area contributed by atoms with Crippen LogP contribution in [0.1, 0.15) is 39.2 Å². The van der Waals surface area contributed by atoms with Gasteiger partial charge in [-0.15, -0.1) is 0 Å². The van der Waals surface area contributed by atoms with Crippen molar-refractivity contribution >= 4 is 23.4 Å². The molecule has 0 saturated carbocycles. The van der Waals surface area contributed by atoms with Gasteiger partial charge in [0.2, 0.25) is 5.91 Å². The molecule has 33 heavy (non-hydrogen) atoms. The summed E-state index contributed by atoms with van der Waals surface area (Å²) in [6.45, 7) is 5.84. The summed E-state index contributed by atoms with van der Waals surface area (Å²) in [7, 11) is 3.08. The highest BCUT2D eigenvalue weighted by Crippen LogP contribution is 2.27. The lowest BCUT2D eigenvalue weighted by Gasteiger charge is -2.31. The zero-order valence-corrected chi connectivity index (χ0v) is 20.6. The zero-order chi connectivity index (χ0) is 24.4. The molecule has 0 radical (unpaired) electrons. The molecule has 2 rings (SSSR count). The Balaban J connectivity index is 2.24. The number of halogens is 1. The van der Waals surface area contributed by atoms with Crippen molar-refractivity contribution in [3.63, 3.8) is 0 Å². The molecule has 0 bridgehead atoms. The van der Waals surface area contributed by atoms with E-state index in [1.807, 2.05) is 32.9 Å². The first-order valence-electron chi connectivity index (χ1n) is 11.0. The molecule has 0 heterocycles. The molecule has 180 valence electrons. The van der Waals surface area contributed by atoms with Crippen LogP contribution in [0.15, 0.2) is 42.5 Å². The van der Waals surface area contributed by atoms with E-state index in [-0.39, 0.29) is 31.0 Å². The van der Waals surface area contributed by atoms with Crippen LogP contribution in [0.3, 0.4) is 0 Å². The number of rotatable bonds is 12. The molecule has 2 aromatic rings. The van der Waals surface area contributed by atoms with Gasteiger partial charge in [-0.2, -0.15) is 0 Å². The minimum Gasteiger partial charge on any atom is -0.496 e. The largest absolute Gasteiger partial charge is 0.496 e. The van der Waals surface area contributed by atoms with Gasteiger partial charge in [-0.3, -0.25) is 9.59 Å². The van der Waals surface area contributed by atoms with Crippen LogP contribution in [0, 0.1) is 0 Å². The predicted octanol–water partition coefficient (Wildman–Crippen LogP) is 4.46. The molecular weight excluding hydrogens is 444 g/mol. The lowest BCUT2D eigenvalue weighted by atomic mass is 10.1. The van der Waals surface area contributed by atoms with Gasteiger partial charge >= 0.3 is 0 Å². The first-order chi connectivity index (χ1) is 15.8. The summed E-state index contributed by atoms with van der Waals surface area (Å²) in [5.74, 6) is 1.04. The maximum atomic E-state index is 13.3. The SMILES string of the molecule is CC[C@@H](C)NC(=O)[C@@H](CC)N(Cc1ccc(Cl)cc1)C(=O)COc1cc(OC)cc(OC)c1. The molecule has 0 fully saturated rings. The van der Waals surface area contributed by atoms with Crippen LogP contribution in [-0.2, 0) is 16.1 Å². The van der Waals surface area contributed by atoms with E-state index in [0.29, 0.717) is 28.7 Å². The summed E-state index contributed by atoms with van der Waals surface area (Å²) in [5, 5.41) is 3.59. The minimum absolute atomic E-state index is 0.0135. The van der Waals surface area contributed by atoms with Crippen LogP contribution in [-0.4, -0.2) is 49.6 Å². The molecule has 0 aromatic heterocycles. The van der Waals surface area contributed by atoms with E-state index in [0.717, 1.165) is 12.0 Å². The Bertz CT molecular complexity index is 897. The van der Waals surface area contributed by atoms with Gasteiger partial charge in [-0.05, 0) is 37.5 Å². The van der Waals surface area contributed by atoms with Gasteiger partial charge in [0, 0.05) is 35.8 Å². The third-order valence-corrected chi connectivity index (χ3v) is 5.59. The van der Waals surface area contributed by atoms with Gasteiger partial charge in [0.25, 0.3) is 5.91 Å². The minimum atomic E-state index is -0.634. The molecule has 0 saturated heterocycles. The fourth-order valence-electron chi connectivity index (χ4n) is 3.24. The molecule has 2 amide bonds. The number of carbonyl (C=O) groups is 2. The molecule has 7 nitrogen and oxygen atoms in total. The van der Waals surface area contributed by atoms with Gasteiger partial charge in [-0.1, -0.05) is 37.6 Å². The number of nitrogens with one attached hydrogen (secondary N) is 1. The Morgan fingerprint density at radius 2 is 1.55 bits per heavy atom. The molecule has 1 N–H and O–H groups in total. The highest BCUT2D eigenvalue weighted by atomic mass is 35.5. The average molecular weight is 477 g/mol. The summed E-state index contributed by atoms with van der Waals surface area (Å²) in [4.78, 5) is 27.8. The second-order valence-electron chi connectivity index (χ2n) is 7.73. The number of ether oxygens (including phenoxy) is 3. The van der Waals surface area contributed by atoms with Gasteiger partial charge < -0.3 is 24.4 Å². The second kappa shape index (κ2) is 12.9. The zero-order valence-electron chi connectivity index (χ0n) is 19.9. The fraction of sp³-hybridized carbons (Fsp3) is 0.440. The molecule has 0 aliphatic rings. The van der Waals surface area contributed by atoms with E-state index in [1.165, 1.54) is 0 Å². The monoisotopic (exact) mass is 476 g/mol. The van der Waals surface area contributed by atoms with Crippen molar-refractivity contribution in [1.29, 1.82) is 0 Å². The molecule has 0 aliphatic heterocycles. The number of benzene rings is 2. The molecular formula is C25H33ClN2O5. The Kier molecular flexibility index (Phi) is 10.3. The number of methoxy groups -OCH3 is 2. The number of carbonyl (C=O) groups excluding carboxylic acids is 2. The van der Waals surface area contributed by atoms with Crippen molar-refractivity contribution in [1.82, 2.24) is 10.2 Å². The lowest BCUT2D eigenvalue weighted by Crippen LogP contribution is -2.51. The van der Waals surface area contributed by atoms with Crippen molar-refractivity contribution in [2.45, 2.75) is 52.2 Å². The molecule has 8 heteroatoms. The number of nitrogens with zero attached hydrogens (tertiary/aromatic N) is 1. The van der Waals surface area contributed by atoms with Crippen molar-refractivity contribution in [3.8, 4) is 17.2 Å². The summed E-state index contributed by atoms with van der Waals surface area (Å²) in [6.07, 6.45) is 1.27. The van der Waals surface area contributed by atoms with Crippen LogP contribution in [0.25, 0.3) is 0 Å². The molecule has 2 aromatic carbocycles. The summed E-state index contributed by atoms with van der Waals surface area (Å²) in [6, 6.07) is 11.7. The van der Waals surface area contributed by atoms with Gasteiger partial charge in [-0.25, -0.2) is 0 Å². The maximum Gasteiger partial charge on any atom is 0.261 e. The summed E-state index contributed by atoms with van der Waals surface area (Å²) >= 11 is 6.01. The Morgan fingerprint density at radius 1 is 0.970 bits per heavy atom. The fourth-order valence-corrected chi connectivity index (χ4v) is 3.37. The molecule has 0 unspecified atom stereocenters. The predicted molar refractivity (Wildman–Crippen MR) is 129 cm³/mol. The van der Waals surface area contributed by atoms with Crippen LogP contribution in [0.5, 0.6) is 17.2 Å². The van der Waals surface area contributed by atoms with E-state index >= 15 is 0 Å². The number of amides is 2. The standard InChI is InChI=1S/C25H33ClN2O5/c1-6-17(3)27-25(30)23(7-2)28(15-18-8-10-19(26)11-9-18)24(29)16-33-22-13-20(31-4)12-21(14-22)32-5/h8-14,17,23H,6-7,15-16H2,1-5H3,(H,27,30)/t17-,23-/m1/s1. The normalized spacial score (nSPS) is 12.4. The summed E-state index contributed by atoms with van der Waals surface area (Å²) < 4.78 is 16.3. The number of hydrogen-bond donors (Lipinski definition) is 1. The topological polar surface area (TPSA) is 77.1 Å². The number of hydrogen-bond acceptors (Lipinski definition) is 5. The second-order valence-corrected chi connectivity index (χ2v) is 8.16.